The van der Waals surface area contributed by atoms with E-state index in [1.165, 1.54) is 25.5 Å². The fraction of sp³-hybridized carbons (Fsp3) is 0.360. The van der Waals surface area contributed by atoms with Gasteiger partial charge in [0.15, 0.2) is 11.7 Å². The molecule has 1 atom stereocenters. The normalized spacial score (nSPS) is 15.7. The van der Waals surface area contributed by atoms with Crippen LogP contribution in [0.1, 0.15) is 47.2 Å². The lowest BCUT2D eigenvalue weighted by Crippen LogP contribution is -2.44. The van der Waals surface area contributed by atoms with Crippen molar-refractivity contribution >= 4 is 17.6 Å². The highest BCUT2D eigenvalue weighted by molar-refractivity contribution is 6.02. The molecule has 1 aliphatic heterocycles. The number of furan rings is 2. The molecule has 0 bridgehead atoms. The Kier molecular flexibility index (Phi) is 7.81. The Morgan fingerprint density at radius 2 is 1.85 bits per heavy atom. The fourth-order valence-corrected chi connectivity index (χ4v) is 4.08. The molecule has 4 rings (SSSR count). The van der Waals surface area contributed by atoms with E-state index in [0.29, 0.717) is 24.7 Å². The number of nitrogens with one attached hydrogen (secondary N) is 3. The molecule has 3 N–H and O–H groups in total. The first kappa shape index (κ1) is 22.7. The molecule has 8 heteroatoms. The van der Waals surface area contributed by atoms with Crippen molar-refractivity contribution in [3.8, 4) is 0 Å². The zero-order valence-electron chi connectivity index (χ0n) is 18.9. The molecule has 0 aliphatic carbocycles. The number of carbonyl (C=O) groups excluding carboxylic acids is 1. The van der Waals surface area contributed by atoms with E-state index < -0.39 is 0 Å². The van der Waals surface area contributed by atoms with E-state index in [2.05, 4.69) is 25.8 Å². The van der Waals surface area contributed by atoms with Gasteiger partial charge in [0.1, 0.15) is 5.76 Å². The predicted octanol–water partition coefficient (Wildman–Crippen LogP) is 4.02. The van der Waals surface area contributed by atoms with Crippen LogP contribution in [0.25, 0.3) is 0 Å². The van der Waals surface area contributed by atoms with Crippen molar-refractivity contribution in [1.29, 1.82) is 0 Å². The van der Waals surface area contributed by atoms with Crippen LogP contribution < -0.4 is 16.0 Å². The molecule has 0 radical (unpaired) electrons. The van der Waals surface area contributed by atoms with E-state index in [1.54, 1.807) is 25.4 Å². The average molecular weight is 450 g/mol. The molecule has 1 aliphatic rings. The molecule has 1 saturated heterocycles. The molecule has 3 aromatic rings. The van der Waals surface area contributed by atoms with Gasteiger partial charge in [0, 0.05) is 25.8 Å². The third-order valence-corrected chi connectivity index (χ3v) is 5.78. The van der Waals surface area contributed by atoms with Gasteiger partial charge < -0.3 is 24.8 Å². The van der Waals surface area contributed by atoms with Gasteiger partial charge in [-0.2, -0.15) is 0 Å². The molecule has 3 heterocycles. The molecule has 33 heavy (non-hydrogen) atoms. The van der Waals surface area contributed by atoms with Crippen molar-refractivity contribution in [3.05, 3.63) is 78.1 Å². The van der Waals surface area contributed by atoms with Gasteiger partial charge >= 0.3 is 0 Å². The van der Waals surface area contributed by atoms with E-state index in [9.17, 15) is 4.79 Å². The number of likely N-dealkylation sites (tertiary alicyclic amines) is 1. The Labute approximate surface area is 194 Å². The minimum atomic E-state index is -0.274. The third-order valence-electron chi connectivity index (χ3n) is 5.78. The van der Waals surface area contributed by atoms with Gasteiger partial charge in [0.25, 0.3) is 5.91 Å². The van der Waals surface area contributed by atoms with Crippen LogP contribution in [0.5, 0.6) is 0 Å². The van der Waals surface area contributed by atoms with Gasteiger partial charge in [-0.1, -0.05) is 18.6 Å². The largest absolute Gasteiger partial charge is 0.468 e. The van der Waals surface area contributed by atoms with Gasteiger partial charge in [-0.3, -0.25) is 14.7 Å². The summed E-state index contributed by atoms with van der Waals surface area (Å²) >= 11 is 0. The first-order chi connectivity index (χ1) is 16.2. The fourth-order valence-electron chi connectivity index (χ4n) is 4.08. The highest BCUT2D eigenvalue weighted by atomic mass is 16.3. The van der Waals surface area contributed by atoms with Crippen molar-refractivity contribution < 1.29 is 13.6 Å². The monoisotopic (exact) mass is 449 g/mol. The van der Waals surface area contributed by atoms with Crippen LogP contribution in [0.3, 0.4) is 0 Å². The maximum Gasteiger partial charge on any atom is 0.291 e. The molecule has 1 unspecified atom stereocenters. The number of anilines is 1. The lowest BCUT2D eigenvalue weighted by atomic mass is 10.1. The van der Waals surface area contributed by atoms with Crippen LogP contribution in [0.2, 0.25) is 0 Å². The maximum absolute atomic E-state index is 12.2. The number of hydrogen-bond donors (Lipinski definition) is 3. The number of benzene rings is 1. The third kappa shape index (κ3) is 6.26. The smallest absolute Gasteiger partial charge is 0.291 e. The number of piperidine rings is 1. The molecule has 1 fully saturated rings. The standard InChI is InChI=1S/C25H31N5O3/c1-26-25(28-18-21(22-10-6-14-32-22)30-12-3-2-4-13-30)27-17-19-8-5-9-20(16-19)29-24(31)23-11-7-15-33-23/h5-11,14-16,21H,2-4,12-13,17-18H2,1H3,(H,29,31)(H2,26,27,28). The predicted molar refractivity (Wildman–Crippen MR) is 128 cm³/mol. The Hall–Kier alpha value is -3.52. The first-order valence-corrected chi connectivity index (χ1v) is 11.4. The average Bonchev–Trinajstić information content (AvgIpc) is 3.57. The quantitative estimate of drug-likeness (QED) is 0.355. The Balaban J connectivity index is 1.32. The molecule has 0 spiro atoms. The Bertz CT molecular complexity index is 1020. The van der Waals surface area contributed by atoms with Crippen LogP contribution in [0.15, 0.2) is 74.9 Å². The van der Waals surface area contributed by atoms with Gasteiger partial charge in [0.05, 0.1) is 18.6 Å². The van der Waals surface area contributed by atoms with Crippen LogP contribution in [0, 0.1) is 0 Å². The highest BCUT2D eigenvalue weighted by Gasteiger charge is 2.24. The van der Waals surface area contributed by atoms with Crippen LogP contribution in [-0.4, -0.2) is 43.4 Å². The second-order valence-electron chi connectivity index (χ2n) is 8.07. The number of carbonyl (C=O) groups is 1. The summed E-state index contributed by atoms with van der Waals surface area (Å²) < 4.78 is 10.9. The molecule has 0 saturated carbocycles. The molecule has 2 aromatic heterocycles. The minimum absolute atomic E-state index is 0.166. The molecular weight excluding hydrogens is 418 g/mol. The van der Waals surface area contributed by atoms with E-state index in [0.717, 1.165) is 24.4 Å². The summed E-state index contributed by atoms with van der Waals surface area (Å²) in [5, 5.41) is 9.66. The SMILES string of the molecule is CN=C(NCc1cccc(NC(=O)c2ccco2)c1)NCC(c1ccco1)N1CCCCC1. The second-order valence-corrected chi connectivity index (χ2v) is 8.07. The number of aliphatic imine (C=N–C) groups is 1. The van der Waals surface area contributed by atoms with Crippen molar-refractivity contribution in [3.63, 3.8) is 0 Å². The first-order valence-electron chi connectivity index (χ1n) is 11.4. The second kappa shape index (κ2) is 11.4. The Morgan fingerprint density at radius 3 is 2.58 bits per heavy atom. The zero-order valence-corrected chi connectivity index (χ0v) is 18.9. The maximum atomic E-state index is 12.2. The molecular formula is C25H31N5O3. The van der Waals surface area contributed by atoms with Gasteiger partial charge in [-0.05, 0) is 67.9 Å². The summed E-state index contributed by atoms with van der Waals surface area (Å²) in [7, 11) is 1.76. The van der Waals surface area contributed by atoms with Gasteiger partial charge in [-0.15, -0.1) is 0 Å². The van der Waals surface area contributed by atoms with Crippen LogP contribution in [0.4, 0.5) is 5.69 Å². The van der Waals surface area contributed by atoms with Crippen molar-refractivity contribution in [1.82, 2.24) is 15.5 Å². The lowest BCUT2D eigenvalue weighted by Gasteiger charge is -2.33. The van der Waals surface area contributed by atoms with Gasteiger partial charge in [-0.25, -0.2) is 0 Å². The van der Waals surface area contributed by atoms with E-state index in [4.69, 9.17) is 8.83 Å². The van der Waals surface area contributed by atoms with Crippen molar-refractivity contribution in [2.75, 3.05) is 32.0 Å². The van der Waals surface area contributed by atoms with Crippen molar-refractivity contribution in [2.24, 2.45) is 4.99 Å². The molecule has 8 nitrogen and oxygen atoms in total. The zero-order chi connectivity index (χ0) is 22.9. The lowest BCUT2D eigenvalue weighted by molar-refractivity contribution is 0.0996. The van der Waals surface area contributed by atoms with E-state index in [1.807, 2.05) is 36.4 Å². The van der Waals surface area contributed by atoms with Gasteiger partial charge in [0.2, 0.25) is 0 Å². The number of hydrogen-bond acceptors (Lipinski definition) is 5. The number of guanidine groups is 1. The van der Waals surface area contributed by atoms with Crippen LogP contribution >= 0.6 is 0 Å². The topological polar surface area (TPSA) is 95.0 Å². The minimum Gasteiger partial charge on any atom is -0.468 e. The summed E-state index contributed by atoms with van der Waals surface area (Å²) in [4.78, 5) is 19.1. The van der Waals surface area contributed by atoms with E-state index >= 15 is 0 Å². The molecule has 1 amide bonds. The highest BCUT2D eigenvalue weighted by Crippen LogP contribution is 2.24. The van der Waals surface area contributed by atoms with Crippen molar-refractivity contribution in [2.45, 2.75) is 31.8 Å². The summed E-state index contributed by atoms with van der Waals surface area (Å²) in [5.41, 5.74) is 1.73. The number of amides is 1. The summed E-state index contributed by atoms with van der Waals surface area (Å²) in [6.45, 7) is 3.43. The summed E-state index contributed by atoms with van der Waals surface area (Å²) in [6.07, 6.45) is 6.94. The summed E-state index contributed by atoms with van der Waals surface area (Å²) in [6, 6.07) is 15.2. The number of nitrogens with zero attached hydrogens (tertiary/aromatic N) is 2. The number of rotatable bonds is 8. The Morgan fingerprint density at radius 1 is 1.03 bits per heavy atom. The van der Waals surface area contributed by atoms with Crippen LogP contribution in [-0.2, 0) is 6.54 Å². The molecule has 174 valence electrons. The summed E-state index contributed by atoms with van der Waals surface area (Å²) in [5.74, 6) is 1.70. The van der Waals surface area contributed by atoms with E-state index in [-0.39, 0.29) is 17.7 Å². The molecule has 1 aromatic carbocycles.